The van der Waals surface area contributed by atoms with Crippen molar-refractivity contribution in [2.45, 2.75) is 27.7 Å². The van der Waals surface area contributed by atoms with Crippen molar-refractivity contribution >= 4 is 44.8 Å². The Hall–Kier alpha value is -5.80. The Bertz CT molecular complexity index is 2220. The third-order valence-electron chi connectivity index (χ3n) is 8.28. The van der Waals surface area contributed by atoms with E-state index in [0.717, 1.165) is 44.8 Å². The fourth-order valence-electron chi connectivity index (χ4n) is 6.00. The number of allylic oxidation sites excluding steroid dienone is 1. The SMILES string of the molecule is C/C(=C(/c1ccccc1)c1c(C)ccc2c1nc1ccccn12)c1ccccc1.C=C(c1ccccc1)c1ccccc1N=C(C)C. The topological polar surface area (TPSA) is 29.7 Å². The number of hydrogen-bond donors (Lipinski definition) is 0. The zero-order chi connectivity index (χ0) is 32.8. The number of nitrogens with zero attached hydrogens (tertiary/aromatic N) is 3. The number of aliphatic imine (C=N–C) groups is 1. The first-order valence-electron chi connectivity index (χ1n) is 16.0. The van der Waals surface area contributed by atoms with Crippen LogP contribution < -0.4 is 0 Å². The largest absolute Gasteiger partial charge is 0.300 e. The number of aromatic nitrogens is 2. The quantitative estimate of drug-likeness (QED) is 0.136. The third-order valence-corrected chi connectivity index (χ3v) is 8.28. The van der Waals surface area contributed by atoms with E-state index in [0.29, 0.717) is 0 Å². The lowest BCUT2D eigenvalue weighted by Gasteiger charge is -2.17. The van der Waals surface area contributed by atoms with Crippen LogP contribution in [0.1, 0.15) is 54.2 Å². The highest BCUT2D eigenvalue weighted by Crippen LogP contribution is 2.38. The Kier molecular flexibility index (Phi) is 9.36. The van der Waals surface area contributed by atoms with Gasteiger partial charge in [0.15, 0.2) is 0 Å². The minimum atomic E-state index is 0.971. The Balaban J connectivity index is 0.000000185. The van der Waals surface area contributed by atoms with Crippen molar-refractivity contribution in [2.75, 3.05) is 0 Å². The minimum absolute atomic E-state index is 0.971. The number of rotatable bonds is 6. The standard InChI is InChI=1S/C27H22N2.C17H17N/c1-19-16-17-23-27(28-24-15-9-10-18-29(23)24)25(19)26(22-13-7-4-8-14-22)20(2)21-11-5-3-6-12-21;1-13(2)18-17-12-8-7-11-16(17)14(3)15-9-5-4-6-10-15/h3-18H,1-2H3;4-12H,3H2,1-2H3/b26-20+;. The number of imidazole rings is 1. The molecule has 0 saturated heterocycles. The second-order valence-corrected chi connectivity index (χ2v) is 11.8. The molecule has 230 valence electrons. The van der Waals surface area contributed by atoms with Gasteiger partial charge >= 0.3 is 0 Å². The monoisotopic (exact) mass is 609 g/mol. The molecule has 47 heavy (non-hydrogen) atoms. The van der Waals surface area contributed by atoms with Gasteiger partial charge in [-0.25, -0.2) is 4.98 Å². The van der Waals surface area contributed by atoms with Crippen LogP contribution in [-0.2, 0) is 0 Å². The smallest absolute Gasteiger partial charge is 0.137 e. The summed E-state index contributed by atoms with van der Waals surface area (Å²) in [5, 5.41) is 0. The van der Waals surface area contributed by atoms with Crippen LogP contribution in [0.25, 0.3) is 33.4 Å². The predicted octanol–water partition coefficient (Wildman–Crippen LogP) is 11.6. The highest BCUT2D eigenvalue weighted by molar-refractivity contribution is 6.06. The maximum Gasteiger partial charge on any atom is 0.137 e. The molecule has 2 heterocycles. The van der Waals surface area contributed by atoms with E-state index >= 15 is 0 Å². The zero-order valence-corrected chi connectivity index (χ0v) is 27.5. The van der Waals surface area contributed by atoms with Crippen LogP contribution in [0.5, 0.6) is 0 Å². The Morgan fingerprint density at radius 3 is 1.85 bits per heavy atom. The maximum absolute atomic E-state index is 5.03. The molecule has 0 aliphatic heterocycles. The van der Waals surface area contributed by atoms with Crippen molar-refractivity contribution in [2.24, 2.45) is 4.99 Å². The molecular formula is C44H39N3. The van der Waals surface area contributed by atoms with E-state index in [1.165, 1.54) is 33.4 Å². The molecule has 7 aromatic rings. The van der Waals surface area contributed by atoms with E-state index in [4.69, 9.17) is 4.98 Å². The lowest BCUT2D eigenvalue weighted by Crippen LogP contribution is -1.97. The highest BCUT2D eigenvalue weighted by Gasteiger charge is 2.19. The van der Waals surface area contributed by atoms with Crippen LogP contribution >= 0.6 is 0 Å². The first-order chi connectivity index (χ1) is 22.9. The van der Waals surface area contributed by atoms with Gasteiger partial charge in [0.05, 0.1) is 16.7 Å². The molecule has 5 aromatic carbocycles. The molecule has 0 saturated carbocycles. The van der Waals surface area contributed by atoms with Crippen LogP contribution in [0, 0.1) is 6.92 Å². The average molecular weight is 610 g/mol. The van der Waals surface area contributed by atoms with E-state index in [9.17, 15) is 0 Å². The summed E-state index contributed by atoms with van der Waals surface area (Å²) in [6, 6.07) is 50.1. The number of aryl methyl sites for hydroxylation is 1. The average Bonchev–Trinajstić information content (AvgIpc) is 3.49. The van der Waals surface area contributed by atoms with Gasteiger partial charge in [0.25, 0.3) is 0 Å². The number of pyridine rings is 1. The maximum atomic E-state index is 5.03. The van der Waals surface area contributed by atoms with E-state index in [-0.39, 0.29) is 0 Å². The van der Waals surface area contributed by atoms with Crippen LogP contribution in [0.4, 0.5) is 5.69 Å². The summed E-state index contributed by atoms with van der Waals surface area (Å²) in [6.07, 6.45) is 2.08. The molecule has 0 radical (unpaired) electrons. The molecule has 0 N–H and O–H groups in total. The van der Waals surface area contributed by atoms with Crippen molar-refractivity contribution in [3.05, 3.63) is 192 Å². The summed E-state index contributed by atoms with van der Waals surface area (Å²) < 4.78 is 2.17. The Labute approximate surface area is 277 Å². The van der Waals surface area contributed by atoms with Crippen LogP contribution in [0.3, 0.4) is 0 Å². The van der Waals surface area contributed by atoms with Gasteiger partial charge in [0, 0.05) is 23.0 Å². The first-order valence-corrected chi connectivity index (χ1v) is 16.0. The van der Waals surface area contributed by atoms with E-state index in [1.807, 2.05) is 56.3 Å². The van der Waals surface area contributed by atoms with Crippen LogP contribution in [-0.4, -0.2) is 15.1 Å². The number of para-hydroxylation sites is 1. The van der Waals surface area contributed by atoms with Gasteiger partial charge in [-0.15, -0.1) is 0 Å². The Morgan fingerprint density at radius 2 is 1.19 bits per heavy atom. The molecule has 0 fully saturated rings. The van der Waals surface area contributed by atoms with Crippen LogP contribution in [0.15, 0.2) is 163 Å². The summed E-state index contributed by atoms with van der Waals surface area (Å²) in [7, 11) is 0. The molecular weight excluding hydrogens is 571 g/mol. The van der Waals surface area contributed by atoms with Gasteiger partial charge in [-0.1, -0.05) is 128 Å². The van der Waals surface area contributed by atoms with Crippen molar-refractivity contribution in [1.29, 1.82) is 0 Å². The molecule has 0 aliphatic rings. The lowest BCUT2D eigenvalue weighted by atomic mass is 9.87. The van der Waals surface area contributed by atoms with Gasteiger partial charge in [0.2, 0.25) is 0 Å². The molecule has 0 aliphatic carbocycles. The number of fused-ring (bicyclic) bond motifs is 3. The number of benzene rings is 5. The molecule has 0 amide bonds. The number of hydrogen-bond acceptors (Lipinski definition) is 2. The Morgan fingerprint density at radius 1 is 0.617 bits per heavy atom. The molecule has 0 unspecified atom stereocenters. The normalized spacial score (nSPS) is 11.4. The fraction of sp³-hybridized carbons (Fsp3) is 0.0909. The summed E-state index contributed by atoms with van der Waals surface area (Å²) in [6.45, 7) is 12.6. The summed E-state index contributed by atoms with van der Waals surface area (Å²) >= 11 is 0. The zero-order valence-electron chi connectivity index (χ0n) is 27.5. The van der Waals surface area contributed by atoms with Crippen molar-refractivity contribution < 1.29 is 0 Å². The molecule has 0 spiro atoms. The molecule has 0 bridgehead atoms. The van der Waals surface area contributed by atoms with Gasteiger partial charge < -0.3 is 0 Å². The van der Waals surface area contributed by atoms with Crippen molar-refractivity contribution in [1.82, 2.24) is 9.38 Å². The minimum Gasteiger partial charge on any atom is -0.300 e. The van der Waals surface area contributed by atoms with Crippen molar-refractivity contribution in [3.8, 4) is 0 Å². The van der Waals surface area contributed by atoms with Gasteiger partial charge in [-0.3, -0.25) is 9.39 Å². The predicted molar refractivity (Wildman–Crippen MR) is 201 cm³/mol. The van der Waals surface area contributed by atoms with Gasteiger partial charge in [-0.2, -0.15) is 0 Å². The fourth-order valence-corrected chi connectivity index (χ4v) is 6.00. The summed E-state index contributed by atoms with van der Waals surface area (Å²) in [5.74, 6) is 0. The third kappa shape index (κ3) is 6.75. The van der Waals surface area contributed by atoms with Gasteiger partial charge in [-0.05, 0) is 90.9 Å². The van der Waals surface area contributed by atoms with Gasteiger partial charge in [0.1, 0.15) is 5.65 Å². The molecule has 0 atom stereocenters. The lowest BCUT2D eigenvalue weighted by molar-refractivity contribution is 1.23. The second-order valence-electron chi connectivity index (χ2n) is 11.8. The molecule has 2 aromatic heterocycles. The van der Waals surface area contributed by atoms with E-state index < -0.39 is 0 Å². The van der Waals surface area contributed by atoms with Crippen molar-refractivity contribution in [3.63, 3.8) is 0 Å². The summed E-state index contributed by atoms with van der Waals surface area (Å²) in [5.41, 5.74) is 15.8. The molecule has 3 heteroatoms. The molecule has 7 rings (SSSR count). The first kappa shape index (κ1) is 31.2. The van der Waals surface area contributed by atoms with E-state index in [1.54, 1.807) is 0 Å². The second kappa shape index (κ2) is 14.1. The molecule has 3 nitrogen and oxygen atoms in total. The highest BCUT2D eigenvalue weighted by atomic mass is 15.0. The summed E-state index contributed by atoms with van der Waals surface area (Å²) in [4.78, 5) is 9.59. The van der Waals surface area contributed by atoms with E-state index in [2.05, 4.69) is 139 Å². The van der Waals surface area contributed by atoms with Crippen LogP contribution in [0.2, 0.25) is 0 Å².